The molecule has 0 N–H and O–H groups in total. The first-order chi connectivity index (χ1) is 24.7. The van der Waals surface area contributed by atoms with Gasteiger partial charge >= 0.3 is 0 Å². The first kappa shape index (κ1) is 32.1. The smallest absolute Gasteiger partial charge is 0.162 e. The first-order valence-electron chi connectivity index (χ1n) is 16.2. The maximum atomic E-state index is 6.75. The van der Waals surface area contributed by atoms with Crippen LogP contribution in [0.25, 0.3) is 61.8 Å². The van der Waals surface area contributed by atoms with Crippen molar-refractivity contribution in [1.82, 2.24) is 29.4 Å². The van der Waals surface area contributed by atoms with Gasteiger partial charge in [-0.15, -0.1) is 41.4 Å². The van der Waals surface area contributed by atoms with Crippen LogP contribution in [-0.2, 0) is 21.1 Å². The molecule has 5 aromatic carbocycles. The fourth-order valence-corrected chi connectivity index (χ4v) is 6.17. The van der Waals surface area contributed by atoms with Crippen LogP contribution in [0.5, 0.6) is 11.5 Å². The number of hydrogen-bond acceptors (Lipinski definition) is 7. The zero-order chi connectivity index (χ0) is 33.4. The summed E-state index contributed by atoms with van der Waals surface area (Å²) >= 11 is 0. The molecule has 51 heavy (non-hydrogen) atoms. The van der Waals surface area contributed by atoms with E-state index in [1.807, 2.05) is 145 Å². The van der Waals surface area contributed by atoms with Crippen LogP contribution in [0.2, 0.25) is 0 Å². The van der Waals surface area contributed by atoms with E-state index in [0.29, 0.717) is 34.5 Å². The van der Waals surface area contributed by atoms with Crippen molar-refractivity contribution in [1.29, 1.82) is 0 Å². The van der Waals surface area contributed by atoms with Crippen LogP contribution in [0.4, 0.5) is 5.69 Å². The fraction of sp³-hybridized carbons (Fsp3) is 0.0238. The topological polar surface area (TPSA) is 72.2 Å². The van der Waals surface area contributed by atoms with Crippen LogP contribution in [0.3, 0.4) is 0 Å². The van der Waals surface area contributed by atoms with Gasteiger partial charge in [-0.25, -0.2) is 19.9 Å². The van der Waals surface area contributed by atoms with Gasteiger partial charge in [-0.2, -0.15) is 12.7 Å². The SMILES string of the molecule is CN1C=CN(c2[c-]c(Oc3[c-]c4c(cc3-c3nc(-c5ccccc5)nc(-c5ccccc5)n3)c3ccccc3n4-c3ccccn3)ccc2)[CH-]1.[Pt]. The van der Waals surface area contributed by atoms with Crippen LogP contribution >= 0.6 is 0 Å². The molecule has 9 rings (SSSR count). The average molecular weight is 842 g/mol. The predicted molar refractivity (Wildman–Crippen MR) is 196 cm³/mol. The number of rotatable bonds is 7. The van der Waals surface area contributed by atoms with Crippen molar-refractivity contribution in [2.45, 2.75) is 0 Å². The summed E-state index contributed by atoms with van der Waals surface area (Å²) in [5.74, 6) is 3.34. The molecule has 0 unspecified atom stereocenters. The molecule has 3 aromatic heterocycles. The minimum Gasteiger partial charge on any atom is -0.510 e. The molecule has 0 amide bonds. The zero-order valence-corrected chi connectivity index (χ0v) is 29.6. The normalized spacial score (nSPS) is 12.4. The monoisotopic (exact) mass is 841 g/mol. The summed E-state index contributed by atoms with van der Waals surface area (Å²) in [6, 6.07) is 49.1. The number of hydrogen-bond donors (Lipinski definition) is 0. The van der Waals surface area contributed by atoms with E-state index in [9.17, 15) is 0 Å². The maximum absolute atomic E-state index is 6.75. The zero-order valence-electron chi connectivity index (χ0n) is 27.3. The van der Waals surface area contributed by atoms with Gasteiger partial charge in [-0.1, -0.05) is 90.4 Å². The molecule has 0 bridgehead atoms. The number of nitrogens with zero attached hydrogens (tertiary/aromatic N) is 7. The van der Waals surface area contributed by atoms with Gasteiger partial charge in [0.05, 0.1) is 0 Å². The van der Waals surface area contributed by atoms with Crippen molar-refractivity contribution in [3.8, 4) is 51.5 Å². The molecule has 0 atom stereocenters. The standard InChI is InChI=1S/C42H28N7O.Pt/c1-47-23-24-48(28-47)31-17-12-18-32(25-31)50-38-27-37-34(33-19-8-9-20-36(33)49(37)39-21-10-11-22-43-39)26-35(38)42-45-40(29-13-4-2-5-14-29)44-41(46-42)30-15-6-3-7-16-30;/h2-24,26,28H,1H3;/q-3;. The summed E-state index contributed by atoms with van der Waals surface area (Å²) in [5.41, 5.74) is 5.09. The second kappa shape index (κ2) is 13.7. The molecule has 1 aliphatic rings. The van der Waals surface area contributed by atoms with Crippen molar-refractivity contribution < 1.29 is 25.8 Å². The Hall–Kier alpha value is -6.11. The van der Waals surface area contributed by atoms with E-state index in [1.165, 1.54) is 0 Å². The molecule has 9 heteroatoms. The molecule has 4 heterocycles. The number of fused-ring (bicyclic) bond motifs is 3. The molecule has 0 saturated heterocycles. The minimum absolute atomic E-state index is 0. The summed E-state index contributed by atoms with van der Waals surface area (Å²) in [6.45, 7) is 1.98. The summed E-state index contributed by atoms with van der Waals surface area (Å²) in [6.07, 6.45) is 5.75. The van der Waals surface area contributed by atoms with Gasteiger partial charge in [0.25, 0.3) is 0 Å². The van der Waals surface area contributed by atoms with Crippen molar-refractivity contribution >= 4 is 27.5 Å². The Bertz CT molecular complexity index is 2460. The van der Waals surface area contributed by atoms with E-state index in [2.05, 4.69) is 34.9 Å². The van der Waals surface area contributed by atoms with E-state index in [0.717, 1.165) is 44.4 Å². The number of anilines is 1. The van der Waals surface area contributed by atoms with Gasteiger partial charge in [-0.3, -0.25) is 0 Å². The molecule has 0 spiro atoms. The summed E-state index contributed by atoms with van der Waals surface area (Å²) in [7, 11) is 1.98. The van der Waals surface area contributed by atoms with Crippen molar-refractivity contribution in [3.63, 3.8) is 0 Å². The summed E-state index contributed by atoms with van der Waals surface area (Å²) in [4.78, 5) is 23.7. The van der Waals surface area contributed by atoms with Crippen LogP contribution < -0.4 is 9.64 Å². The fourth-order valence-electron chi connectivity index (χ4n) is 6.17. The molecule has 250 valence electrons. The van der Waals surface area contributed by atoms with Gasteiger partial charge in [0, 0.05) is 55.4 Å². The van der Waals surface area contributed by atoms with Gasteiger partial charge in [0.15, 0.2) is 11.6 Å². The number of aromatic nitrogens is 5. The van der Waals surface area contributed by atoms with E-state index in [4.69, 9.17) is 24.7 Å². The van der Waals surface area contributed by atoms with Crippen LogP contribution in [0.15, 0.2) is 146 Å². The van der Waals surface area contributed by atoms with E-state index < -0.39 is 0 Å². The molecule has 8 nitrogen and oxygen atoms in total. The molecule has 0 radical (unpaired) electrons. The van der Waals surface area contributed by atoms with E-state index >= 15 is 0 Å². The van der Waals surface area contributed by atoms with Gasteiger partial charge < -0.3 is 19.1 Å². The third-order valence-electron chi connectivity index (χ3n) is 8.51. The Morgan fingerprint density at radius 1 is 0.647 bits per heavy atom. The van der Waals surface area contributed by atoms with Crippen molar-refractivity contribution in [3.05, 3.63) is 165 Å². The second-order valence-corrected chi connectivity index (χ2v) is 11.8. The van der Waals surface area contributed by atoms with Gasteiger partial charge in [0.1, 0.15) is 11.6 Å². The Morgan fingerprint density at radius 2 is 1.33 bits per heavy atom. The summed E-state index contributed by atoms with van der Waals surface area (Å²) in [5, 5.41) is 2.01. The Kier molecular flexibility index (Phi) is 8.60. The van der Waals surface area contributed by atoms with Crippen molar-refractivity contribution in [2.24, 2.45) is 0 Å². The third-order valence-corrected chi connectivity index (χ3v) is 8.51. The molecular formula is C42H28N7OPt-3. The predicted octanol–water partition coefficient (Wildman–Crippen LogP) is 9.10. The Morgan fingerprint density at radius 3 is 2.02 bits per heavy atom. The molecule has 0 aliphatic carbocycles. The van der Waals surface area contributed by atoms with Crippen LogP contribution in [0.1, 0.15) is 0 Å². The molecule has 8 aromatic rings. The number of ether oxygens (including phenoxy) is 1. The number of para-hydroxylation sites is 1. The molecule has 0 fully saturated rings. The second-order valence-electron chi connectivity index (χ2n) is 11.8. The average Bonchev–Trinajstić information content (AvgIpc) is 3.76. The van der Waals surface area contributed by atoms with Gasteiger partial charge in [0.2, 0.25) is 0 Å². The van der Waals surface area contributed by atoms with Crippen LogP contribution in [-0.4, -0.2) is 36.5 Å². The Labute approximate surface area is 309 Å². The summed E-state index contributed by atoms with van der Waals surface area (Å²) < 4.78 is 8.86. The first-order valence-corrected chi connectivity index (χ1v) is 16.2. The maximum Gasteiger partial charge on any atom is 0.162 e. The van der Waals surface area contributed by atoms with Gasteiger partial charge in [-0.05, 0) is 48.6 Å². The minimum atomic E-state index is 0. The Balaban J connectivity index is 0.00000374. The largest absolute Gasteiger partial charge is 0.510 e. The molecule has 1 aliphatic heterocycles. The van der Waals surface area contributed by atoms with E-state index in [1.54, 1.807) is 6.20 Å². The quantitative estimate of drug-likeness (QED) is 0.148. The molecule has 0 saturated carbocycles. The number of pyridine rings is 1. The van der Waals surface area contributed by atoms with Crippen molar-refractivity contribution in [2.75, 3.05) is 11.9 Å². The molecular weight excluding hydrogens is 814 g/mol. The van der Waals surface area contributed by atoms with Crippen LogP contribution in [0, 0.1) is 18.8 Å². The van der Waals surface area contributed by atoms with E-state index in [-0.39, 0.29) is 21.1 Å². The third kappa shape index (κ3) is 6.15. The number of benzene rings is 5.